The molecule has 0 fully saturated rings. The third kappa shape index (κ3) is 4.24. The fourth-order valence-electron chi connectivity index (χ4n) is 1.75. The molecule has 4 nitrogen and oxygen atoms in total. The highest BCUT2D eigenvalue weighted by atomic mass is 16.5. The van der Waals surface area contributed by atoms with Gasteiger partial charge in [0.1, 0.15) is 11.5 Å². The van der Waals surface area contributed by atoms with Crippen LogP contribution in [0.1, 0.15) is 18.9 Å². The quantitative estimate of drug-likeness (QED) is 0.785. The van der Waals surface area contributed by atoms with Crippen molar-refractivity contribution >= 4 is 0 Å². The number of ether oxygens (including phenoxy) is 2. The minimum Gasteiger partial charge on any atom is -0.497 e. The van der Waals surface area contributed by atoms with E-state index in [0.717, 1.165) is 36.6 Å². The molecule has 1 aromatic heterocycles. The van der Waals surface area contributed by atoms with E-state index in [1.807, 2.05) is 42.6 Å². The molecule has 0 atom stereocenters. The molecule has 1 N–H and O–H groups in total. The van der Waals surface area contributed by atoms with Crippen molar-refractivity contribution in [2.75, 3.05) is 13.7 Å². The van der Waals surface area contributed by atoms with Crippen LogP contribution in [-0.4, -0.2) is 18.6 Å². The van der Waals surface area contributed by atoms with Crippen molar-refractivity contribution in [3.05, 3.63) is 48.2 Å². The Hall–Kier alpha value is -2.07. The molecule has 2 rings (SSSR count). The van der Waals surface area contributed by atoms with Crippen molar-refractivity contribution in [2.45, 2.75) is 19.9 Å². The molecule has 0 saturated heterocycles. The van der Waals surface area contributed by atoms with Gasteiger partial charge in [-0.05, 0) is 42.8 Å². The van der Waals surface area contributed by atoms with E-state index in [9.17, 15) is 0 Å². The molecule has 20 heavy (non-hydrogen) atoms. The lowest BCUT2D eigenvalue weighted by molar-refractivity contribution is 0.412. The Morgan fingerprint density at radius 2 is 1.80 bits per heavy atom. The SMILES string of the molecule is CCCNCc1ccc(Oc2ccc(OC)cc2)nc1. The van der Waals surface area contributed by atoms with Crippen LogP contribution in [0.5, 0.6) is 17.4 Å². The number of hydrogen-bond donors (Lipinski definition) is 1. The van der Waals surface area contributed by atoms with Gasteiger partial charge in [-0.2, -0.15) is 0 Å². The van der Waals surface area contributed by atoms with Crippen molar-refractivity contribution in [3.63, 3.8) is 0 Å². The number of benzene rings is 1. The van der Waals surface area contributed by atoms with E-state index in [0.29, 0.717) is 5.88 Å². The molecule has 0 saturated carbocycles. The number of pyridine rings is 1. The molecule has 2 aromatic rings. The number of nitrogens with zero attached hydrogens (tertiary/aromatic N) is 1. The predicted octanol–water partition coefficient (Wildman–Crippen LogP) is 3.38. The van der Waals surface area contributed by atoms with Gasteiger partial charge in [0.05, 0.1) is 7.11 Å². The first-order chi connectivity index (χ1) is 9.81. The molecular weight excluding hydrogens is 252 g/mol. The first kappa shape index (κ1) is 14.3. The maximum absolute atomic E-state index is 5.67. The predicted molar refractivity (Wildman–Crippen MR) is 79.3 cm³/mol. The van der Waals surface area contributed by atoms with Crippen molar-refractivity contribution in [1.82, 2.24) is 10.3 Å². The number of hydrogen-bond acceptors (Lipinski definition) is 4. The number of aromatic nitrogens is 1. The van der Waals surface area contributed by atoms with E-state index in [1.54, 1.807) is 7.11 Å². The van der Waals surface area contributed by atoms with Gasteiger partial charge in [-0.3, -0.25) is 0 Å². The number of nitrogens with one attached hydrogen (secondary N) is 1. The highest BCUT2D eigenvalue weighted by molar-refractivity contribution is 5.33. The average molecular weight is 272 g/mol. The minimum atomic E-state index is 0.592. The van der Waals surface area contributed by atoms with Crippen LogP contribution in [-0.2, 0) is 6.54 Å². The number of methoxy groups -OCH3 is 1. The Morgan fingerprint density at radius 3 is 2.40 bits per heavy atom. The van der Waals surface area contributed by atoms with E-state index in [-0.39, 0.29) is 0 Å². The normalized spacial score (nSPS) is 10.3. The molecule has 0 radical (unpaired) electrons. The monoisotopic (exact) mass is 272 g/mol. The van der Waals surface area contributed by atoms with Crippen LogP contribution in [0.3, 0.4) is 0 Å². The molecule has 1 heterocycles. The largest absolute Gasteiger partial charge is 0.497 e. The van der Waals surface area contributed by atoms with Gasteiger partial charge in [0.25, 0.3) is 0 Å². The van der Waals surface area contributed by atoms with Crippen LogP contribution in [0.2, 0.25) is 0 Å². The van der Waals surface area contributed by atoms with Gasteiger partial charge < -0.3 is 14.8 Å². The molecule has 0 amide bonds. The van der Waals surface area contributed by atoms with Crippen LogP contribution in [0.4, 0.5) is 0 Å². The summed E-state index contributed by atoms with van der Waals surface area (Å²) in [5.74, 6) is 2.15. The summed E-state index contributed by atoms with van der Waals surface area (Å²) < 4.78 is 10.8. The van der Waals surface area contributed by atoms with Crippen LogP contribution in [0, 0.1) is 0 Å². The molecule has 106 valence electrons. The van der Waals surface area contributed by atoms with Gasteiger partial charge in [0.2, 0.25) is 5.88 Å². The summed E-state index contributed by atoms with van der Waals surface area (Å²) in [7, 11) is 1.64. The molecule has 0 aliphatic rings. The summed E-state index contributed by atoms with van der Waals surface area (Å²) in [4.78, 5) is 4.30. The molecule has 4 heteroatoms. The molecular formula is C16H20N2O2. The van der Waals surface area contributed by atoms with E-state index in [1.165, 1.54) is 0 Å². The Labute approximate surface area is 119 Å². The lowest BCUT2D eigenvalue weighted by Gasteiger charge is -2.07. The van der Waals surface area contributed by atoms with Crippen molar-refractivity contribution in [3.8, 4) is 17.4 Å². The minimum absolute atomic E-state index is 0.592. The van der Waals surface area contributed by atoms with Gasteiger partial charge in [-0.1, -0.05) is 13.0 Å². The second-order valence-electron chi connectivity index (χ2n) is 4.46. The van der Waals surface area contributed by atoms with Gasteiger partial charge >= 0.3 is 0 Å². The summed E-state index contributed by atoms with van der Waals surface area (Å²) in [6.45, 7) is 4.00. The van der Waals surface area contributed by atoms with Crippen LogP contribution >= 0.6 is 0 Å². The van der Waals surface area contributed by atoms with E-state index in [4.69, 9.17) is 9.47 Å². The highest BCUT2D eigenvalue weighted by Crippen LogP contribution is 2.22. The Balaban J connectivity index is 1.92. The van der Waals surface area contributed by atoms with Gasteiger partial charge in [0, 0.05) is 18.8 Å². The zero-order valence-corrected chi connectivity index (χ0v) is 11.9. The average Bonchev–Trinajstić information content (AvgIpc) is 2.50. The zero-order valence-electron chi connectivity index (χ0n) is 11.9. The number of rotatable bonds is 7. The molecule has 0 unspecified atom stereocenters. The Morgan fingerprint density at radius 1 is 1.05 bits per heavy atom. The maximum Gasteiger partial charge on any atom is 0.219 e. The van der Waals surface area contributed by atoms with Crippen LogP contribution in [0.15, 0.2) is 42.6 Å². The van der Waals surface area contributed by atoms with Crippen molar-refractivity contribution < 1.29 is 9.47 Å². The fraction of sp³-hybridized carbons (Fsp3) is 0.312. The zero-order chi connectivity index (χ0) is 14.2. The first-order valence-corrected chi connectivity index (χ1v) is 6.79. The second kappa shape index (κ2) is 7.50. The topological polar surface area (TPSA) is 43.4 Å². The summed E-state index contributed by atoms with van der Waals surface area (Å²) in [6.07, 6.45) is 2.97. The fourth-order valence-corrected chi connectivity index (χ4v) is 1.75. The maximum atomic E-state index is 5.67. The standard InChI is InChI=1S/C16H20N2O2/c1-3-10-17-11-13-4-9-16(18-12-13)20-15-7-5-14(19-2)6-8-15/h4-9,12,17H,3,10-11H2,1-2H3. The lowest BCUT2D eigenvalue weighted by Crippen LogP contribution is -2.13. The van der Waals surface area contributed by atoms with Gasteiger partial charge in [-0.25, -0.2) is 4.98 Å². The van der Waals surface area contributed by atoms with Crippen molar-refractivity contribution in [2.24, 2.45) is 0 Å². The molecule has 0 aliphatic heterocycles. The van der Waals surface area contributed by atoms with Crippen molar-refractivity contribution in [1.29, 1.82) is 0 Å². The van der Waals surface area contributed by atoms with E-state index < -0.39 is 0 Å². The van der Waals surface area contributed by atoms with Gasteiger partial charge in [0.15, 0.2) is 0 Å². The summed E-state index contributed by atoms with van der Waals surface area (Å²) in [5.41, 5.74) is 1.15. The van der Waals surface area contributed by atoms with E-state index in [2.05, 4.69) is 17.2 Å². The molecule has 0 bridgehead atoms. The molecule has 1 aromatic carbocycles. The summed E-state index contributed by atoms with van der Waals surface area (Å²) >= 11 is 0. The highest BCUT2D eigenvalue weighted by Gasteiger charge is 2.00. The Kier molecular flexibility index (Phi) is 5.38. The summed E-state index contributed by atoms with van der Waals surface area (Å²) in [6, 6.07) is 11.3. The van der Waals surface area contributed by atoms with Gasteiger partial charge in [-0.15, -0.1) is 0 Å². The molecule has 0 spiro atoms. The lowest BCUT2D eigenvalue weighted by atomic mass is 10.3. The smallest absolute Gasteiger partial charge is 0.219 e. The Bertz CT molecular complexity index is 509. The first-order valence-electron chi connectivity index (χ1n) is 6.79. The third-order valence-corrected chi connectivity index (χ3v) is 2.84. The second-order valence-corrected chi connectivity index (χ2v) is 4.46. The van der Waals surface area contributed by atoms with Crippen LogP contribution < -0.4 is 14.8 Å². The third-order valence-electron chi connectivity index (χ3n) is 2.84. The van der Waals surface area contributed by atoms with E-state index >= 15 is 0 Å². The van der Waals surface area contributed by atoms with Crippen LogP contribution in [0.25, 0.3) is 0 Å². The summed E-state index contributed by atoms with van der Waals surface area (Å²) in [5, 5.41) is 3.34. The molecule has 0 aliphatic carbocycles.